The van der Waals surface area contributed by atoms with Gasteiger partial charge in [-0.25, -0.2) is 0 Å². The summed E-state index contributed by atoms with van der Waals surface area (Å²) >= 11 is 0. The lowest BCUT2D eigenvalue weighted by Crippen LogP contribution is -2.35. The van der Waals surface area contributed by atoms with Crippen LogP contribution < -0.4 is 5.73 Å². The molecule has 1 saturated heterocycles. The standard InChI is InChI=1S/C12H14N2O3/c13-8(15)3-4-14-11(16)9-6-1-2-7(5-6)10(9)12(14)17/h1-2,6-7,9-10H,3-5H2,(H2,13,15)/t6-,7-,9+,10+/m0/s1. The van der Waals surface area contributed by atoms with Gasteiger partial charge in [-0.2, -0.15) is 0 Å². The number of allylic oxidation sites excluding steroid dienone is 2. The molecule has 0 spiro atoms. The number of carbonyl (C=O) groups is 3. The molecule has 1 heterocycles. The van der Waals surface area contributed by atoms with E-state index < -0.39 is 5.91 Å². The van der Waals surface area contributed by atoms with E-state index in [4.69, 9.17) is 5.73 Å². The van der Waals surface area contributed by atoms with Crippen LogP contribution in [-0.4, -0.2) is 29.2 Å². The zero-order valence-electron chi connectivity index (χ0n) is 9.33. The minimum Gasteiger partial charge on any atom is -0.370 e. The molecule has 90 valence electrons. The van der Waals surface area contributed by atoms with Gasteiger partial charge in [0.2, 0.25) is 17.7 Å². The van der Waals surface area contributed by atoms with Crippen molar-refractivity contribution in [3.8, 4) is 0 Å². The molecule has 3 aliphatic rings. The summed E-state index contributed by atoms with van der Waals surface area (Å²) in [5, 5.41) is 0. The molecule has 1 aliphatic heterocycles. The van der Waals surface area contributed by atoms with Gasteiger partial charge in [0.05, 0.1) is 11.8 Å². The highest BCUT2D eigenvalue weighted by Gasteiger charge is 2.58. The Kier molecular flexibility index (Phi) is 2.11. The van der Waals surface area contributed by atoms with Gasteiger partial charge in [0.1, 0.15) is 0 Å². The molecular weight excluding hydrogens is 220 g/mol. The first-order valence-electron chi connectivity index (χ1n) is 5.91. The van der Waals surface area contributed by atoms with Crippen molar-refractivity contribution in [3.63, 3.8) is 0 Å². The van der Waals surface area contributed by atoms with E-state index in [9.17, 15) is 14.4 Å². The predicted octanol–water partition coefficient (Wildman–Crippen LogP) is -0.331. The summed E-state index contributed by atoms with van der Waals surface area (Å²) in [4.78, 5) is 36.2. The van der Waals surface area contributed by atoms with E-state index in [1.807, 2.05) is 0 Å². The highest BCUT2D eigenvalue weighted by Crippen LogP contribution is 2.52. The smallest absolute Gasteiger partial charge is 0.233 e. The first-order valence-corrected chi connectivity index (χ1v) is 5.91. The van der Waals surface area contributed by atoms with E-state index in [1.54, 1.807) is 0 Å². The first-order chi connectivity index (χ1) is 8.09. The van der Waals surface area contributed by atoms with Gasteiger partial charge in [-0.1, -0.05) is 12.2 Å². The Morgan fingerprint density at radius 2 is 1.76 bits per heavy atom. The SMILES string of the molecule is NC(=O)CCN1C(=O)[C@H]2[C@H](C1=O)[C@H]1C=C[C@H]2C1. The normalized spacial score (nSPS) is 38.0. The molecule has 5 heteroatoms. The van der Waals surface area contributed by atoms with Crippen molar-refractivity contribution in [1.29, 1.82) is 0 Å². The molecule has 2 fully saturated rings. The fraction of sp³-hybridized carbons (Fsp3) is 0.583. The summed E-state index contributed by atoms with van der Waals surface area (Å²) in [5.74, 6) is -0.615. The summed E-state index contributed by atoms with van der Waals surface area (Å²) in [5.41, 5.74) is 5.04. The predicted molar refractivity (Wildman–Crippen MR) is 58.2 cm³/mol. The number of nitrogens with two attached hydrogens (primary N) is 1. The number of carbonyl (C=O) groups excluding carboxylic acids is 3. The first kappa shape index (κ1) is 10.5. The van der Waals surface area contributed by atoms with Crippen molar-refractivity contribution >= 4 is 17.7 Å². The number of imide groups is 1. The summed E-state index contributed by atoms with van der Waals surface area (Å²) < 4.78 is 0. The molecule has 3 rings (SSSR count). The van der Waals surface area contributed by atoms with Crippen molar-refractivity contribution < 1.29 is 14.4 Å². The molecule has 3 amide bonds. The largest absolute Gasteiger partial charge is 0.370 e. The Balaban J connectivity index is 1.80. The Labute approximate surface area is 98.6 Å². The molecule has 17 heavy (non-hydrogen) atoms. The summed E-state index contributed by atoms with van der Waals surface area (Å²) in [7, 11) is 0. The average molecular weight is 234 g/mol. The Morgan fingerprint density at radius 3 is 2.24 bits per heavy atom. The van der Waals surface area contributed by atoms with E-state index >= 15 is 0 Å². The summed E-state index contributed by atoms with van der Waals surface area (Å²) in [6.45, 7) is 0.138. The van der Waals surface area contributed by atoms with Crippen molar-refractivity contribution in [2.45, 2.75) is 12.8 Å². The number of primary amides is 1. The highest BCUT2D eigenvalue weighted by atomic mass is 16.2. The number of fused-ring (bicyclic) bond motifs is 5. The van der Waals surface area contributed by atoms with Gasteiger partial charge in [0.25, 0.3) is 0 Å². The molecule has 2 N–H and O–H groups in total. The van der Waals surface area contributed by atoms with E-state index in [0.29, 0.717) is 0 Å². The minimum absolute atomic E-state index is 0.0552. The van der Waals surface area contributed by atoms with Crippen molar-refractivity contribution in [3.05, 3.63) is 12.2 Å². The van der Waals surface area contributed by atoms with Crippen molar-refractivity contribution in [2.24, 2.45) is 29.4 Å². The molecule has 0 aromatic heterocycles. The van der Waals surface area contributed by atoms with Gasteiger partial charge < -0.3 is 5.73 Å². The summed E-state index contributed by atoms with van der Waals surface area (Å²) in [6, 6.07) is 0. The van der Waals surface area contributed by atoms with Gasteiger partial charge in [0, 0.05) is 13.0 Å². The summed E-state index contributed by atoms with van der Waals surface area (Å²) in [6.07, 6.45) is 5.08. The zero-order chi connectivity index (χ0) is 12.2. The number of amides is 3. The lowest BCUT2D eigenvalue weighted by molar-refractivity contribution is -0.140. The van der Waals surface area contributed by atoms with Crippen LogP contribution in [0, 0.1) is 23.7 Å². The number of hydrogen-bond donors (Lipinski definition) is 1. The number of nitrogens with zero attached hydrogens (tertiary/aromatic N) is 1. The van der Waals surface area contributed by atoms with Gasteiger partial charge in [-0.3, -0.25) is 19.3 Å². The van der Waals surface area contributed by atoms with E-state index in [-0.39, 0.29) is 48.5 Å². The van der Waals surface area contributed by atoms with Crippen LogP contribution in [0.5, 0.6) is 0 Å². The van der Waals surface area contributed by atoms with E-state index in [2.05, 4.69) is 12.2 Å². The molecular formula is C12H14N2O3. The second-order valence-corrected chi connectivity index (χ2v) is 5.04. The maximum Gasteiger partial charge on any atom is 0.233 e. The van der Waals surface area contributed by atoms with Crippen LogP contribution >= 0.6 is 0 Å². The minimum atomic E-state index is -0.483. The van der Waals surface area contributed by atoms with Gasteiger partial charge in [-0.05, 0) is 18.3 Å². The van der Waals surface area contributed by atoms with E-state index in [0.717, 1.165) is 6.42 Å². The molecule has 4 atom stereocenters. The maximum atomic E-state index is 12.1. The Bertz CT molecular complexity index is 413. The number of rotatable bonds is 3. The number of likely N-dealkylation sites (tertiary alicyclic amines) is 1. The fourth-order valence-electron chi connectivity index (χ4n) is 3.41. The second-order valence-electron chi connectivity index (χ2n) is 5.04. The third-order valence-electron chi connectivity index (χ3n) is 4.14. The average Bonchev–Trinajstić information content (AvgIpc) is 2.92. The van der Waals surface area contributed by atoms with Crippen LogP contribution in [0.4, 0.5) is 0 Å². The molecule has 0 unspecified atom stereocenters. The number of hydrogen-bond acceptors (Lipinski definition) is 3. The van der Waals surface area contributed by atoms with Crippen LogP contribution in [0.3, 0.4) is 0 Å². The van der Waals surface area contributed by atoms with Crippen LogP contribution in [0.15, 0.2) is 12.2 Å². The molecule has 0 aromatic rings. The molecule has 2 aliphatic carbocycles. The van der Waals surface area contributed by atoms with Crippen molar-refractivity contribution in [1.82, 2.24) is 4.90 Å². The lowest BCUT2D eigenvalue weighted by atomic mass is 9.85. The van der Waals surface area contributed by atoms with Crippen LogP contribution in [0.2, 0.25) is 0 Å². The van der Waals surface area contributed by atoms with Crippen LogP contribution in [0.25, 0.3) is 0 Å². The molecule has 2 bridgehead atoms. The Hall–Kier alpha value is -1.65. The molecule has 5 nitrogen and oxygen atoms in total. The fourth-order valence-corrected chi connectivity index (χ4v) is 3.41. The van der Waals surface area contributed by atoms with Gasteiger partial charge in [-0.15, -0.1) is 0 Å². The third-order valence-corrected chi connectivity index (χ3v) is 4.14. The molecule has 0 radical (unpaired) electrons. The third kappa shape index (κ3) is 1.34. The van der Waals surface area contributed by atoms with Crippen LogP contribution in [0.1, 0.15) is 12.8 Å². The van der Waals surface area contributed by atoms with Gasteiger partial charge >= 0.3 is 0 Å². The van der Waals surface area contributed by atoms with E-state index in [1.165, 1.54) is 4.90 Å². The quantitative estimate of drug-likeness (QED) is 0.536. The topological polar surface area (TPSA) is 80.5 Å². The maximum absolute atomic E-state index is 12.1. The molecule has 1 saturated carbocycles. The highest BCUT2D eigenvalue weighted by molar-refractivity contribution is 6.06. The monoisotopic (exact) mass is 234 g/mol. The Morgan fingerprint density at radius 1 is 1.24 bits per heavy atom. The van der Waals surface area contributed by atoms with Gasteiger partial charge in [0.15, 0.2) is 0 Å². The zero-order valence-corrected chi connectivity index (χ0v) is 9.33. The lowest BCUT2D eigenvalue weighted by Gasteiger charge is -2.15. The van der Waals surface area contributed by atoms with Crippen molar-refractivity contribution in [2.75, 3.05) is 6.54 Å². The molecule has 0 aromatic carbocycles. The second kappa shape index (κ2) is 3.42. The van der Waals surface area contributed by atoms with Crippen LogP contribution in [-0.2, 0) is 14.4 Å².